The van der Waals surface area contributed by atoms with E-state index in [0.717, 1.165) is 24.3 Å². The monoisotopic (exact) mass is 289 g/mol. The van der Waals surface area contributed by atoms with Crippen LogP contribution >= 0.6 is 0 Å². The molecule has 4 heteroatoms. The van der Waals surface area contributed by atoms with Gasteiger partial charge < -0.3 is 11.1 Å². The van der Waals surface area contributed by atoms with Crippen molar-refractivity contribution >= 4 is 11.6 Å². The van der Waals surface area contributed by atoms with Gasteiger partial charge in [0.1, 0.15) is 0 Å². The molecule has 0 spiro atoms. The number of hydrogen-bond acceptors (Lipinski definition) is 3. The SMILES string of the molecule is CC(C)(C)C1CCN(CC(=O)Nc2cccc(CN)c2)C1. The van der Waals surface area contributed by atoms with Crippen LogP contribution in [-0.4, -0.2) is 30.4 Å². The van der Waals surface area contributed by atoms with E-state index in [9.17, 15) is 4.79 Å². The van der Waals surface area contributed by atoms with Gasteiger partial charge in [-0.05, 0) is 42.0 Å². The normalized spacial score (nSPS) is 19.7. The Bertz CT molecular complexity index is 493. The molecule has 1 fully saturated rings. The van der Waals surface area contributed by atoms with Gasteiger partial charge in [0.2, 0.25) is 5.91 Å². The Balaban J connectivity index is 1.85. The van der Waals surface area contributed by atoms with Crippen molar-refractivity contribution in [2.24, 2.45) is 17.1 Å². The number of amides is 1. The molecule has 4 nitrogen and oxygen atoms in total. The Morgan fingerprint density at radius 1 is 1.43 bits per heavy atom. The minimum Gasteiger partial charge on any atom is -0.326 e. The molecule has 116 valence electrons. The molecule has 1 atom stereocenters. The second kappa shape index (κ2) is 6.58. The molecular weight excluding hydrogens is 262 g/mol. The number of anilines is 1. The highest BCUT2D eigenvalue weighted by molar-refractivity contribution is 5.92. The van der Waals surface area contributed by atoms with Gasteiger partial charge in [0.05, 0.1) is 6.54 Å². The highest BCUT2D eigenvalue weighted by Gasteiger charge is 2.32. The Labute approximate surface area is 127 Å². The summed E-state index contributed by atoms with van der Waals surface area (Å²) in [5, 5.41) is 2.96. The number of nitrogens with one attached hydrogen (secondary N) is 1. The van der Waals surface area contributed by atoms with E-state index in [2.05, 4.69) is 31.0 Å². The summed E-state index contributed by atoms with van der Waals surface area (Å²) in [6, 6.07) is 7.71. The van der Waals surface area contributed by atoms with Gasteiger partial charge in [-0.2, -0.15) is 0 Å². The van der Waals surface area contributed by atoms with Crippen LogP contribution in [0.15, 0.2) is 24.3 Å². The second-order valence-electron chi connectivity index (χ2n) is 7.04. The number of nitrogens with two attached hydrogens (primary N) is 1. The molecule has 21 heavy (non-hydrogen) atoms. The molecule has 0 radical (unpaired) electrons. The minimum absolute atomic E-state index is 0.0544. The minimum atomic E-state index is 0.0544. The van der Waals surface area contributed by atoms with Crippen LogP contribution in [0.5, 0.6) is 0 Å². The fraction of sp³-hybridized carbons (Fsp3) is 0.588. The van der Waals surface area contributed by atoms with E-state index in [1.54, 1.807) is 0 Å². The van der Waals surface area contributed by atoms with Crippen LogP contribution in [0.1, 0.15) is 32.8 Å². The maximum absolute atomic E-state index is 12.1. The quantitative estimate of drug-likeness (QED) is 0.895. The van der Waals surface area contributed by atoms with Crippen LogP contribution in [0.2, 0.25) is 0 Å². The van der Waals surface area contributed by atoms with E-state index in [1.807, 2.05) is 24.3 Å². The molecule has 2 rings (SSSR count). The molecule has 0 bridgehead atoms. The van der Waals surface area contributed by atoms with Crippen molar-refractivity contribution in [3.8, 4) is 0 Å². The zero-order valence-corrected chi connectivity index (χ0v) is 13.4. The zero-order valence-electron chi connectivity index (χ0n) is 13.4. The van der Waals surface area contributed by atoms with E-state index >= 15 is 0 Å². The lowest BCUT2D eigenvalue weighted by molar-refractivity contribution is -0.117. The number of benzene rings is 1. The average molecular weight is 289 g/mol. The van der Waals surface area contributed by atoms with Crippen LogP contribution in [0, 0.1) is 11.3 Å². The predicted molar refractivity (Wildman–Crippen MR) is 87.0 cm³/mol. The maximum atomic E-state index is 12.1. The summed E-state index contributed by atoms with van der Waals surface area (Å²) in [6.45, 7) is 9.82. The lowest BCUT2D eigenvalue weighted by Gasteiger charge is -2.27. The number of nitrogens with zero attached hydrogens (tertiary/aromatic N) is 1. The van der Waals surface area contributed by atoms with Crippen LogP contribution in [-0.2, 0) is 11.3 Å². The molecule has 1 unspecified atom stereocenters. The fourth-order valence-corrected chi connectivity index (χ4v) is 2.86. The van der Waals surface area contributed by atoms with Crippen molar-refractivity contribution in [3.05, 3.63) is 29.8 Å². The van der Waals surface area contributed by atoms with Gasteiger partial charge >= 0.3 is 0 Å². The summed E-state index contributed by atoms with van der Waals surface area (Å²) in [5.74, 6) is 0.726. The third-order valence-electron chi connectivity index (χ3n) is 4.31. The topological polar surface area (TPSA) is 58.4 Å². The molecule has 1 aromatic carbocycles. The smallest absolute Gasteiger partial charge is 0.238 e. The molecule has 1 heterocycles. The summed E-state index contributed by atoms with van der Waals surface area (Å²) in [7, 11) is 0. The summed E-state index contributed by atoms with van der Waals surface area (Å²) in [5.41, 5.74) is 7.79. The Morgan fingerprint density at radius 2 is 2.19 bits per heavy atom. The van der Waals surface area contributed by atoms with E-state index in [1.165, 1.54) is 6.42 Å². The second-order valence-corrected chi connectivity index (χ2v) is 7.04. The van der Waals surface area contributed by atoms with Gasteiger partial charge in [-0.3, -0.25) is 9.69 Å². The van der Waals surface area contributed by atoms with Crippen molar-refractivity contribution in [1.82, 2.24) is 4.90 Å². The summed E-state index contributed by atoms with van der Waals surface area (Å²) in [4.78, 5) is 14.4. The molecule has 1 aromatic rings. The lowest BCUT2D eigenvalue weighted by atomic mass is 9.80. The number of likely N-dealkylation sites (tertiary alicyclic amines) is 1. The van der Waals surface area contributed by atoms with Crippen molar-refractivity contribution in [3.63, 3.8) is 0 Å². The summed E-state index contributed by atoms with van der Waals surface area (Å²) < 4.78 is 0. The van der Waals surface area contributed by atoms with Gasteiger partial charge in [0, 0.05) is 18.8 Å². The Morgan fingerprint density at radius 3 is 2.81 bits per heavy atom. The zero-order chi connectivity index (χ0) is 15.5. The van der Waals surface area contributed by atoms with Crippen LogP contribution < -0.4 is 11.1 Å². The first-order valence-electron chi connectivity index (χ1n) is 7.69. The molecule has 0 aromatic heterocycles. The third-order valence-corrected chi connectivity index (χ3v) is 4.31. The number of rotatable bonds is 4. The molecule has 0 aliphatic carbocycles. The van der Waals surface area contributed by atoms with Crippen molar-refractivity contribution < 1.29 is 4.79 Å². The highest BCUT2D eigenvalue weighted by atomic mass is 16.2. The average Bonchev–Trinajstić information content (AvgIpc) is 2.87. The first-order valence-corrected chi connectivity index (χ1v) is 7.69. The van der Waals surface area contributed by atoms with Crippen molar-refractivity contribution in [2.45, 2.75) is 33.7 Å². The van der Waals surface area contributed by atoms with E-state index in [4.69, 9.17) is 5.73 Å². The molecule has 1 aliphatic heterocycles. The molecule has 1 amide bonds. The molecule has 1 saturated heterocycles. The number of hydrogen-bond donors (Lipinski definition) is 2. The van der Waals surface area contributed by atoms with Crippen LogP contribution in [0.3, 0.4) is 0 Å². The van der Waals surface area contributed by atoms with E-state index in [-0.39, 0.29) is 5.91 Å². The van der Waals surface area contributed by atoms with Gasteiger partial charge in [-0.1, -0.05) is 32.9 Å². The maximum Gasteiger partial charge on any atom is 0.238 e. The first kappa shape index (κ1) is 16.0. The lowest BCUT2D eigenvalue weighted by Crippen LogP contribution is -2.33. The summed E-state index contributed by atoms with van der Waals surface area (Å²) in [6.07, 6.45) is 1.18. The largest absolute Gasteiger partial charge is 0.326 e. The Hall–Kier alpha value is -1.39. The standard InChI is InChI=1S/C17H27N3O/c1-17(2,3)14-7-8-20(11-14)12-16(21)19-15-6-4-5-13(9-15)10-18/h4-6,9,14H,7-8,10-12,18H2,1-3H3,(H,19,21). The highest BCUT2D eigenvalue weighted by Crippen LogP contribution is 2.33. The van der Waals surface area contributed by atoms with E-state index < -0.39 is 0 Å². The molecule has 1 aliphatic rings. The Kier molecular flexibility index (Phi) is 5.01. The number of carbonyl (C=O) groups excluding carboxylic acids is 1. The number of carbonyl (C=O) groups is 1. The van der Waals surface area contributed by atoms with Crippen molar-refractivity contribution in [1.29, 1.82) is 0 Å². The fourth-order valence-electron chi connectivity index (χ4n) is 2.86. The summed E-state index contributed by atoms with van der Waals surface area (Å²) >= 11 is 0. The van der Waals surface area contributed by atoms with Crippen molar-refractivity contribution in [2.75, 3.05) is 25.0 Å². The molecule has 0 saturated carbocycles. The first-order chi connectivity index (χ1) is 9.88. The van der Waals surface area contributed by atoms with E-state index in [0.29, 0.717) is 24.4 Å². The van der Waals surface area contributed by atoms with Gasteiger partial charge in [0.15, 0.2) is 0 Å². The molecule has 3 N–H and O–H groups in total. The van der Waals surface area contributed by atoms with Crippen LogP contribution in [0.4, 0.5) is 5.69 Å². The van der Waals surface area contributed by atoms with Gasteiger partial charge in [-0.25, -0.2) is 0 Å². The van der Waals surface area contributed by atoms with Crippen LogP contribution in [0.25, 0.3) is 0 Å². The van der Waals surface area contributed by atoms with Gasteiger partial charge in [-0.15, -0.1) is 0 Å². The third kappa shape index (κ3) is 4.55. The molecular formula is C17H27N3O. The van der Waals surface area contributed by atoms with Gasteiger partial charge in [0.25, 0.3) is 0 Å². The predicted octanol–water partition coefficient (Wildman–Crippen LogP) is 2.45.